The van der Waals surface area contributed by atoms with E-state index in [1.807, 2.05) is 0 Å². The Labute approximate surface area is 69.2 Å². The van der Waals surface area contributed by atoms with Crippen molar-refractivity contribution in [3.05, 3.63) is 0 Å². The van der Waals surface area contributed by atoms with Crippen molar-refractivity contribution >= 4 is 17.7 Å². The van der Waals surface area contributed by atoms with Crippen molar-refractivity contribution in [3.8, 4) is 0 Å². The van der Waals surface area contributed by atoms with Gasteiger partial charge < -0.3 is 4.84 Å². The normalized spacial score (nSPS) is 16.9. The molecule has 1 fully saturated rings. The van der Waals surface area contributed by atoms with Crippen LogP contribution in [-0.2, 0) is 19.2 Å². The van der Waals surface area contributed by atoms with E-state index in [2.05, 4.69) is 4.84 Å². The number of Topliss-reactive ketones (excluding diaryl/α,β-unsaturated/α-hetero) is 1. The van der Waals surface area contributed by atoms with Crippen LogP contribution in [0.1, 0.15) is 19.8 Å². The number of carbonyl (C=O) groups is 3. The summed E-state index contributed by atoms with van der Waals surface area (Å²) >= 11 is 0. The van der Waals surface area contributed by atoms with Crippen LogP contribution in [-0.4, -0.2) is 29.3 Å². The largest absolute Gasteiger partial charge is 0.338 e. The molecule has 0 aromatic rings. The Morgan fingerprint density at radius 2 is 2.25 bits per heavy atom. The number of ketones is 1. The maximum Gasteiger partial charge on any atom is 0.332 e. The van der Waals surface area contributed by atoms with Gasteiger partial charge in [-0.3, -0.25) is 9.59 Å². The Bertz CT molecular complexity index is 236. The van der Waals surface area contributed by atoms with Crippen LogP contribution in [0.15, 0.2) is 0 Å². The molecule has 1 aliphatic heterocycles. The zero-order valence-electron chi connectivity index (χ0n) is 6.70. The Morgan fingerprint density at radius 3 is 2.67 bits per heavy atom. The monoisotopic (exact) mass is 171 g/mol. The zero-order chi connectivity index (χ0) is 9.14. The Balaban J connectivity index is 2.50. The average molecular weight is 171 g/mol. The molecule has 5 heteroatoms. The maximum atomic E-state index is 10.9. The Hall–Kier alpha value is -1.39. The Kier molecular flexibility index (Phi) is 2.42. The molecule has 1 heterocycles. The number of nitrogens with zero attached hydrogens (tertiary/aromatic N) is 1. The maximum absolute atomic E-state index is 10.9. The van der Waals surface area contributed by atoms with Crippen molar-refractivity contribution in [2.75, 3.05) is 6.54 Å². The fraction of sp³-hybridized carbons (Fsp3) is 0.571. The first-order valence-corrected chi connectivity index (χ1v) is 3.70. The first-order chi connectivity index (χ1) is 5.65. The minimum atomic E-state index is -0.725. The van der Waals surface area contributed by atoms with Gasteiger partial charge >= 0.3 is 11.9 Å². The number of amides is 1. The van der Waals surface area contributed by atoms with E-state index < -0.39 is 17.7 Å². The number of rotatable bonds is 2. The summed E-state index contributed by atoms with van der Waals surface area (Å²) in [4.78, 5) is 36.8. The van der Waals surface area contributed by atoms with Gasteiger partial charge in [-0.25, -0.2) is 4.79 Å². The Morgan fingerprint density at radius 1 is 1.58 bits per heavy atom. The second-order valence-corrected chi connectivity index (χ2v) is 2.40. The molecule has 1 saturated heterocycles. The van der Waals surface area contributed by atoms with Crippen LogP contribution in [0, 0.1) is 0 Å². The highest BCUT2D eigenvalue weighted by molar-refractivity contribution is 6.37. The van der Waals surface area contributed by atoms with E-state index in [4.69, 9.17) is 0 Å². The molecule has 0 spiro atoms. The van der Waals surface area contributed by atoms with Gasteiger partial charge in [0, 0.05) is 12.8 Å². The smallest absolute Gasteiger partial charge is 0.332 e. The van der Waals surface area contributed by atoms with E-state index in [1.165, 1.54) is 0 Å². The average Bonchev–Trinajstić information content (AvgIpc) is 2.36. The fourth-order valence-electron chi connectivity index (χ4n) is 0.825. The predicted octanol–water partition coefficient (Wildman–Crippen LogP) is -0.344. The lowest BCUT2D eigenvalue weighted by Crippen LogP contribution is -2.30. The molecule has 1 aliphatic rings. The molecule has 0 aromatic carbocycles. The fourth-order valence-corrected chi connectivity index (χ4v) is 0.825. The third-order valence-corrected chi connectivity index (χ3v) is 1.51. The third-order valence-electron chi connectivity index (χ3n) is 1.51. The first kappa shape index (κ1) is 8.70. The summed E-state index contributed by atoms with van der Waals surface area (Å²) in [5.74, 6) is -1.73. The van der Waals surface area contributed by atoms with E-state index >= 15 is 0 Å². The lowest BCUT2D eigenvalue weighted by molar-refractivity contribution is -0.192. The molecule has 1 rings (SSSR count). The highest BCUT2D eigenvalue weighted by atomic mass is 16.7. The van der Waals surface area contributed by atoms with E-state index in [0.29, 0.717) is 0 Å². The van der Waals surface area contributed by atoms with Crippen molar-refractivity contribution in [1.82, 2.24) is 5.06 Å². The van der Waals surface area contributed by atoms with E-state index in [1.54, 1.807) is 6.92 Å². The standard InChI is InChI=1S/C7H9NO4/c1-2-6(10)12-8-4-3-5(9)7(8)11/h2-4H2,1H3. The van der Waals surface area contributed by atoms with Gasteiger partial charge in [-0.05, 0) is 0 Å². The summed E-state index contributed by atoms with van der Waals surface area (Å²) in [7, 11) is 0. The summed E-state index contributed by atoms with van der Waals surface area (Å²) in [6, 6.07) is 0. The second-order valence-electron chi connectivity index (χ2n) is 2.40. The predicted molar refractivity (Wildman–Crippen MR) is 37.7 cm³/mol. The molecule has 0 unspecified atom stereocenters. The lowest BCUT2D eigenvalue weighted by Gasteiger charge is -2.11. The van der Waals surface area contributed by atoms with E-state index in [-0.39, 0.29) is 19.4 Å². The summed E-state index contributed by atoms with van der Waals surface area (Å²) < 4.78 is 0. The quantitative estimate of drug-likeness (QED) is 0.533. The lowest BCUT2D eigenvalue weighted by atomic mass is 10.3. The van der Waals surface area contributed by atoms with E-state index in [0.717, 1.165) is 5.06 Å². The van der Waals surface area contributed by atoms with Crippen LogP contribution in [0.4, 0.5) is 0 Å². The third kappa shape index (κ3) is 1.61. The molecular formula is C7H9NO4. The summed E-state index contributed by atoms with van der Waals surface area (Å²) in [6.07, 6.45) is 0.327. The van der Waals surface area contributed by atoms with Crippen LogP contribution in [0.5, 0.6) is 0 Å². The van der Waals surface area contributed by atoms with Gasteiger partial charge in [0.1, 0.15) is 0 Å². The highest BCUT2D eigenvalue weighted by Crippen LogP contribution is 2.07. The topological polar surface area (TPSA) is 63.7 Å². The molecular weight excluding hydrogens is 162 g/mol. The molecule has 0 N–H and O–H groups in total. The van der Waals surface area contributed by atoms with Crippen molar-refractivity contribution in [2.45, 2.75) is 19.8 Å². The van der Waals surface area contributed by atoms with Gasteiger partial charge in [-0.15, -0.1) is 0 Å². The van der Waals surface area contributed by atoms with Gasteiger partial charge in [0.15, 0.2) is 0 Å². The molecule has 0 radical (unpaired) electrons. The van der Waals surface area contributed by atoms with Gasteiger partial charge in [0.05, 0.1) is 6.54 Å². The number of hydroxylamine groups is 2. The molecule has 0 atom stereocenters. The number of carbonyl (C=O) groups excluding carboxylic acids is 3. The first-order valence-electron chi connectivity index (χ1n) is 3.70. The number of hydrogen-bond donors (Lipinski definition) is 0. The summed E-state index contributed by atoms with van der Waals surface area (Å²) in [6.45, 7) is 1.80. The van der Waals surface area contributed by atoms with Gasteiger partial charge in [-0.1, -0.05) is 6.92 Å². The van der Waals surface area contributed by atoms with Crippen molar-refractivity contribution < 1.29 is 19.2 Å². The molecule has 0 aliphatic carbocycles. The SMILES string of the molecule is CCC(=O)ON1CCC(=O)C1=O. The van der Waals surface area contributed by atoms with Gasteiger partial charge in [0.25, 0.3) is 0 Å². The van der Waals surface area contributed by atoms with Crippen molar-refractivity contribution in [3.63, 3.8) is 0 Å². The molecule has 0 saturated carbocycles. The second kappa shape index (κ2) is 3.34. The highest BCUT2D eigenvalue weighted by Gasteiger charge is 2.31. The number of hydrogen-bond acceptors (Lipinski definition) is 4. The van der Waals surface area contributed by atoms with E-state index in [9.17, 15) is 14.4 Å². The molecule has 5 nitrogen and oxygen atoms in total. The zero-order valence-corrected chi connectivity index (χ0v) is 6.70. The minimum absolute atomic E-state index is 0.135. The molecule has 0 aromatic heterocycles. The molecule has 66 valence electrons. The molecule has 0 bridgehead atoms. The van der Waals surface area contributed by atoms with Crippen molar-refractivity contribution in [2.24, 2.45) is 0 Å². The summed E-state index contributed by atoms with van der Waals surface area (Å²) in [5.41, 5.74) is 0. The van der Waals surface area contributed by atoms with Gasteiger partial charge in [-0.2, -0.15) is 5.06 Å². The summed E-state index contributed by atoms with van der Waals surface area (Å²) in [5, 5.41) is 0.814. The molecule has 12 heavy (non-hydrogen) atoms. The van der Waals surface area contributed by atoms with Crippen LogP contribution in [0.25, 0.3) is 0 Å². The minimum Gasteiger partial charge on any atom is -0.338 e. The molecule has 1 amide bonds. The van der Waals surface area contributed by atoms with Crippen LogP contribution in [0.3, 0.4) is 0 Å². The van der Waals surface area contributed by atoms with Gasteiger partial charge in [0.2, 0.25) is 5.78 Å². The van der Waals surface area contributed by atoms with Crippen LogP contribution < -0.4 is 0 Å². The van der Waals surface area contributed by atoms with Crippen LogP contribution >= 0.6 is 0 Å². The van der Waals surface area contributed by atoms with Crippen LogP contribution in [0.2, 0.25) is 0 Å². The van der Waals surface area contributed by atoms with Crippen molar-refractivity contribution in [1.29, 1.82) is 0 Å².